The molecular formula is C28H29N2O4-. The molecule has 0 spiro atoms. The van der Waals surface area contributed by atoms with Gasteiger partial charge in [-0.05, 0) is 30.0 Å². The van der Waals surface area contributed by atoms with E-state index < -0.39 is 29.0 Å². The minimum atomic E-state index is -1.79. The normalized spacial score (nSPS) is 21.7. The molecular weight excluding hydrogens is 428 g/mol. The molecule has 2 atom stereocenters. The molecule has 0 fully saturated rings. The number of rotatable bonds is 8. The first-order chi connectivity index (χ1) is 16.3. The van der Waals surface area contributed by atoms with Gasteiger partial charge < -0.3 is 21.4 Å². The Balaban J connectivity index is 1.76. The first kappa shape index (κ1) is 23.6. The Morgan fingerprint density at radius 3 is 2.18 bits per heavy atom. The second-order valence-electron chi connectivity index (χ2n) is 9.10. The van der Waals surface area contributed by atoms with Crippen LogP contribution in [-0.4, -0.2) is 17.5 Å². The molecule has 0 saturated heterocycles. The van der Waals surface area contributed by atoms with Gasteiger partial charge in [-0.2, -0.15) is 0 Å². The number of ketones is 2. The van der Waals surface area contributed by atoms with E-state index in [0.717, 1.165) is 24.8 Å². The molecule has 2 aromatic carbocycles. The first-order valence-electron chi connectivity index (χ1n) is 11.8. The average Bonchev–Trinajstić information content (AvgIpc) is 2.83. The molecule has 176 valence electrons. The Morgan fingerprint density at radius 1 is 0.941 bits per heavy atom. The summed E-state index contributed by atoms with van der Waals surface area (Å²) < 4.78 is 0. The Bertz CT molecular complexity index is 1210. The quantitative estimate of drug-likeness (QED) is 0.587. The molecule has 0 amide bonds. The summed E-state index contributed by atoms with van der Waals surface area (Å²) in [7, 11) is 0. The monoisotopic (exact) mass is 457 g/mol. The van der Waals surface area contributed by atoms with Crippen molar-refractivity contribution in [2.24, 2.45) is 17.4 Å². The number of aryl methyl sites for hydroxylation is 1. The molecule has 0 bridgehead atoms. The summed E-state index contributed by atoms with van der Waals surface area (Å²) in [6.45, 7) is 2.18. The van der Waals surface area contributed by atoms with Gasteiger partial charge in [0, 0.05) is 28.3 Å². The van der Waals surface area contributed by atoms with E-state index in [9.17, 15) is 19.5 Å². The molecule has 6 nitrogen and oxygen atoms in total. The second kappa shape index (κ2) is 9.39. The SMILES string of the molecule is CCCCCCCc1ccc(C2(N)C3=C(C(=O)c4ccccc4C3=O)C(N)=CC2C(=O)[O-])cc1. The Labute approximate surface area is 199 Å². The molecule has 34 heavy (non-hydrogen) atoms. The number of hydrogen-bond donors (Lipinski definition) is 2. The van der Waals surface area contributed by atoms with E-state index >= 15 is 0 Å². The van der Waals surface area contributed by atoms with Crippen molar-refractivity contribution in [3.63, 3.8) is 0 Å². The van der Waals surface area contributed by atoms with Crippen molar-refractivity contribution in [3.05, 3.63) is 93.7 Å². The van der Waals surface area contributed by atoms with Gasteiger partial charge in [0.05, 0.1) is 17.1 Å². The van der Waals surface area contributed by atoms with E-state index in [4.69, 9.17) is 11.5 Å². The highest BCUT2D eigenvalue weighted by Crippen LogP contribution is 2.46. The lowest BCUT2D eigenvalue weighted by atomic mass is 9.63. The standard InChI is InChI=1S/C28H30N2O4/c1-2-3-4-5-6-9-17-12-14-18(15-13-17)28(30)21(27(33)34)16-22(29)23-24(28)26(32)20-11-8-7-10-19(20)25(23)31/h7-8,10-16,21H,2-6,9,29-30H2,1H3,(H,33,34)/p-1. The van der Waals surface area contributed by atoms with Gasteiger partial charge in [0.1, 0.15) is 0 Å². The van der Waals surface area contributed by atoms with Crippen LogP contribution < -0.4 is 16.6 Å². The van der Waals surface area contributed by atoms with E-state index in [-0.39, 0.29) is 28.0 Å². The van der Waals surface area contributed by atoms with Crippen molar-refractivity contribution in [2.75, 3.05) is 0 Å². The number of benzene rings is 2. The fraction of sp³-hybridized carbons (Fsp3) is 0.321. The lowest BCUT2D eigenvalue weighted by Gasteiger charge is -2.44. The summed E-state index contributed by atoms with van der Waals surface area (Å²) >= 11 is 0. The summed E-state index contributed by atoms with van der Waals surface area (Å²) in [6, 6.07) is 13.7. The van der Waals surface area contributed by atoms with Crippen LogP contribution in [-0.2, 0) is 16.8 Å². The number of carboxylic acids is 1. The Kier molecular flexibility index (Phi) is 6.53. The van der Waals surface area contributed by atoms with Crippen LogP contribution in [0.1, 0.15) is 70.9 Å². The Hall–Kier alpha value is -3.51. The van der Waals surface area contributed by atoms with Crippen molar-refractivity contribution >= 4 is 17.5 Å². The molecule has 6 heteroatoms. The van der Waals surface area contributed by atoms with Crippen LogP contribution in [0.4, 0.5) is 0 Å². The zero-order valence-corrected chi connectivity index (χ0v) is 19.3. The summed E-state index contributed by atoms with van der Waals surface area (Å²) in [6.07, 6.45) is 7.97. The van der Waals surface area contributed by atoms with Crippen LogP contribution in [0.5, 0.6) is 0 Å². The van der Waals surface area contributed by atoms with Gasteiger partial charge in [0.15, 0.2) is 11.6 Å². The van der Waals surface area contributed by atoms with Crippen LogP contribution in [0.2, 0.25) is 0 Å². The maximum atomic E-state index is 13.6. The average molecular weight is 458 g/mol. The van der Waals surface area contributed by atoms with Gasteiger partial charge in [-0.3, -0.25) is 9.59 Å². The fourth-order valence-electron chi connectivity index (χ4n) is 5.05. The highest BCUT2D eigenvalue weighted by molar-refractivity contribution is 6.29. The lowest BCUT2D eigenvalue weighted by molar-refractivity contribution is -0.311. The van der Waals surface area contributed by atoms with Gasteiger partial charge in [-0.1, -0.05) is 81.1 Å². The van der Waals surface area contributed by atoms with Gasteiger partial charge in [-0.25, -0.2) is 0 Å². The van der Waals surface area contributed by atoms with Gasteiger partial charge in [0.25, 0.3) is 0 Å². The molecule has 4 rings (SSSR count). The number of unbranched alkanes of at least 4 members (excludes halogenated alkanes) is 4. The molecule has 4 N–H and O–H groups in total. The maximum Gasteiger partial charge on any atom is 0.196 e. The third-order valence-corrected chi connectivity index (χ3v) is 6.91. The minimum Gasteiger partial charge on any atom is -0.549 e. The van der Waals surface area contributed by atoms with Gasteiger partial charge >= 0.3 is 0 Å². The molecule has 0 heterocycles. The number of aliphatic carboxylic acids is 1. The molecule has 2 aliphatic carbocycles. The van der Waals surface area contributed by atoms with Crippen LogP contribution in [0.25, 0.3) is 0 Å². The molecule has 0 aromatic heterocycles. The number of fused-ring (bicyclic) bond motifs is 1. The van der Waals surface area contributed by atoms with Crippen LogP contribution in [0, 0.1) is 5.92 Å². The largest absolute Gasteiger partial charge is 0.549 e. The van der Waals surface area contributed by atoms with Crippen molar-refractivity contribution in [1.29, 1.82) is 0 Å². The third kappa shape index (κ3) is 3.88. The van der Waals surface area contributed by atoms with E-state index in [1.165, 1.54) is 25.3 Å². The van der Waals surface area contributed by atoms with Crippen molar-refractivity contribution in [1.82, 2.24) is 0 Å². The zero-order valence-electron chi connectivity index (χ0n) is 19.3. The van der Waals surface area contributed by atoms with E-state index in [1.54, 1.807) is 36.4 Å². The molecule has 0 saturated carbocycles. The minimum absolute atomic E-state index is 0.0244. The van der Waals surface area contributed by atoms with E-state index in [0.29, 0.717) is 5.56 Å². The topological polar surface area (TPSA) is 126 Å². The fourth-order valence-corrected chi connectivity index (χ4v) is 5.05. The predicted molar refractivity (Wildman–Crippen MR) is 128 cm³/mol. The Morgan fingerprint density at radius 2 is 1.56 bits per heavy atom. The number of hydrogen-bond acceptors (Lipinski definition) is 6. The molecule has 2 aliphatic rings. The first-order valence-corrected chi connectivity index (χ1v) is 11.8. The van der Waals surface area contributed by atoms with Crippen molar-refractivity contribution in [2.45, 2.75) is 51.0 Å². The maximum absolute atomic E-state index is 13.6. The lowest BCUT2D eigenvalue weighted by Crippen LogP contribution is -2.57. The molecule has 0 aliphatic heterocycles. The smallest absolute Gasteiger partial charge is 0.196 e. The van der Waals surface area contributed by atoms with Crippen LogP contribution in [0.15, 0.2) is 71.5 Å². The number of nitrogens with two attached hydrogens (primary N) is 2. The van der Waals surface area contributed by atoms with Crippen LogP contribution >= 0.6 is 0 Å². The molecule has 2 aromatic rings. The highest BCUT2D eigenvalue weighted by Gasteiger charge is 2.51. The number of carbonyl (C=O) groups excluding carboxylic acids is 3. The molecule has 0 radical (unpaired) electrons. The molecule has 2 unspecified atom stereocenters. The highest BCUT2D eigenvalue weighted by atomic mass is 16.4. The number of allylic oxidation sites excluding steroid dienone is 1. The second-order valence-corrected chi connectivity index (χ2v) is 9.10. The number of carbonyl (C=O) groups is 3. The van der Waals surface area contributed by atoms with Crippen molar-refractivity contribution in [3.8, 4) is 0 Å². The van der Waals surface area contributed by atoms with Crippen LogP contribution in [0.3, 0.4) is 0 Å². The summed E-state index contributed by atoms with van der Waals surface area (Å²) in [4.78, 5) is 39.1. The predicted octanol–water partition coefficient (Wildman–Crippen LogP) is 2.95. The zero-order chi connectivity index (χ0) is 24.5. The number of Topliss-reactive ketones (excluding diaryl/α,β-unsaturated/α-hetero) is 2. The number of carboxylic acid groups (broad SMARTS) is 1. The summed E-state index contributed by atoms with van der Waals surface area (Å²) in [5, 5.41) is 12.2. The van der Waals surface area contributed by atoms with Gasteiger partial charge in [-0.15, -0.1) is 0 Å². The summed E-state index contributed by atoms with van der Waals surface area (Å²) in [5.74, 6) is -3.80. The van der Waals surface area contributed by atoms with Gasteiger partial charge in [0.2, 0.25) is 0 Å². The van der Waals surface area contributed by atoms with E-state index in [2.05, 4.69) is 6.92 Å². The van der Waals surface area contributed by atoms with Crippen molar-refractivity contribution < 1.29 is 19.5 Å². The van der Waals surface area contributed by atoms with E-state index in [1.807, 2.05) is 12.1 Å². The summed E-state index contributed by atoms with van der Waals surface area (Å²) in [5.41, 5.74) is 12.9. The third-order valence-electron chi connectivity index (χ3n) is 6.91.